The van der Waals surface area contributed by atoms with Gasteiger partial charge in [0.25, 0.3) is 5.89 Å². The maximum Gasteiger partial charge on any atom is 0.258 e. The second-order valence-corrected chi connectivity index (χ2v) is 4.55. The largest absolute Gasteiger partial charge is 0.399 e. The normalized spacial score (nSPS) is 10.7. The van der Waals surface area contributed by atoms with Gasteiger partial charge in [0.1, 0.15) is 5.69 Å². The van der Waals surface area contributed by atoms with Crippen LogP contribution in [-0.4, -0.2) is 15.1 Å². The Morgan fingerprint density at radius 2 is 1.85 bits per heavy atom. The van der Waals surface area contributed by atoms with Gasteiger partial charge in [0.05, 0.1) is 5.02 Å². The van der Waals surface area contributed by atoms with Crippen molar-refractivity contribution in [3.63, 3.8) is 0 Å². The monoisotopic (exact) mass is 287 g/mol. The van der Waals surface area contributed by atoms with Crippen LogP contribution in [0.1, 0.15) is 0 Å². The molecule has 2 heterocycles. The Hall–Kier alpha value is -2.60. The van der Waals surface area contributed by atoms with Gasteiger partial charge in [0.15, 0.2) is 0 Å². The summed E-state index contributed by atoms with van der Waals surface area (Å²) in [5.74, 6) is 0.618. The molecule has 0 spiro atoms. The minimum atomic E-state index is 0.306. The Kier molecular flexibility index (Phi) is 3.00. The van der Waals surface area contributed by atoms with Crippen LogP contribution in [0.3, 0.4) is 0 Å². The molecule has 100 valence electrons. The average molecular weight is 288 g/mol. The fourth-order valence-corrected chi connectivity index (χ4v) is 1.99. The number of nitrogens with two attached hydrogens (primary N) is 2. The van der Waals surface area contributed by atoms with Crippen LogP contribution in [-0.2, 0) is 0 Å². The first-order valence-electron chi connectivity index (χ1n) is 5.74. The molecule has 0 unspecified atom stereocenters. The Labute approximate surface area is 119 Å². The van der Waals surface area contributed by atoms with E-state index >= 15 is 0 Å². The minimum Gasteiger partial charge on any atom is -0.399 e. The number of halogens is 1. The van der Waals surface area contributed by atoms with Gasteiger partial charge in [-0.2, -0.15) is 4.98 Å². The van der Waals surface area contributed by atoms with Gasteiger partial charge in [-0.1, -0.05) is 16.8 Å². The predicted molar refractivity (Wildman–Crippen MR) is 76.8 cm³/mol. The van der Waals surface area contributed by atoms with Crippen molar-refractivity contribution in [3.8, 4) is 23.0 Å². The molecule has 0 fully saturated rings. The van der Waals surface area contributed by atoms with E-state index in [1.807, 2.05) is 0 Å². The number of aromatic nitrogens is 3. The van der Waals surface area contributed by atoms with Crippen LogP contribution in [0, 0.1) is 0 Å². The van der Waals surface area contributed by atoms with E-state index in [-0.39, 0.29) is 0 Å². The third-order valence-electron chi connectivity index (χ3n) is 2.62. The third kappa shape index (κ3) is 2.28. The van der Waals surface area contributed by atoms with Crippen molar-refractivity contribution in [2.75, 3.05) is 11.5 Å². The maximum absolute atomic E-state index is 6.04. The Morgan fingerprint density at radius 3 is 2.55 bits per heavy atom. The van der Waals surface area contributed by atoms with E-state index in [9.17, 15) is 0 Å². The summed E-state index contributed by atoms with van der Waals surface area (Å²) in [4.78, 5) is 8.38. The molecule has 4 N–H and O–H groups in total. The van der Waals surface area contributed by atoms with Crippen molar-refractivity contribution >= 4 is 23.0 Å². The molecular formula is C13H10ClN5O. The average Bonchev–Trinajstić information content (AvgIpc) is 2.87. The van der Waals surface area contributed by atoms with Crippen LogP contribution in [0.2, 0.25) is 5.02 Å². The Balaban J connectivity index is 2.04. The lowest BCUT2D eigenvalue weighted by atomic mass is 10.2. The van der Waals surface area contributed by atoms with Gasteiger partial charge in [-0.05, 0) is 30.3 Å². The number of benzene rings is 1. The lowest BCUT2D eigenvalue weighted by molar-refractivity contribution is 0.432. The predicted octanol–water partition coefficient (Wildman–Crippen LogP) is 2.62. The van der Waals surface area contributed by atoms with Crippen molar-refractivity contribution in [1.82, 2.24) is 15.1 Å². The number of anilines is 2. The van der Waals surface area contributed by atoms with Crippen LogP contribution in [0.4, 0.5) is 11.4 Å². The third-order valence-corrected chi connectivity index (χ3v) is 2.93. The van der Waals surface area contributed by atoms with Gasteiger partial charge in [-0.15, -0.1) is 0 Å². The molecular weight excluding hydrogens is 278 g/mol. The summed E-state index contributed by atoms with van der Waals surface area (Å²) in [6.07, 6.45) is 1.61. The lowest BCUT2D eigenvalue weighted by Crippen LogP contribution is -1.91. The number of nitrogens with zero attached hydrogens (tertiary/aromatic N) is 3. The van der Waals surface area contributed by atoms with E-state index < -0.39 is 0 Å². The topological polar surface area (TPSA) is 104 Å². The molecule has 20 heavy (non-hydrogen) atoms. The second kappa shape index (κ2) is 4.82. The fourth-order valence-electron chi connectivity index (χ4n) is 1.79. The van der Waals surface area contributed by atoms with Gasteiger partial charge in [-0.3, -0.25) is 4.98 Å². The highest BCUT2D eigenvalue weighted by atomic mass is 35.5. The molecule has 3 aromatic rings. The highest BCUT2D eigenvalue weighted by Gasteiger charge is 2.14. The maximum atomic E-state index is 6.04. The van der Waals surface area contributed by atoms with E-state index in [0.717, 1.165) is 0 Å². The molecule has 0 aliphatic rings. The molecule has 0 saturated heterocycles. The zero-order valence-corrected chi connectivity index (χ0v) is 11.0. The first kappa shape index (κ1) is 12.4. The molecule has 0 aliphatic carbocycles. The summed E-state index contributed by atoms with van der Waals surface area (Å²) < 4.78 is 5.20. The summed E-state index contributed by atoms with van der Waals surface area (Å²) in [5, 5.41) is 4.32. The van der Waals surface area contributed by atoms with Crippen LogP contribution in [0.5, 0.6) is 0 Å². The zero-order chi connectivity index (χ0) is 14.1. The molecule has 6 nitrogen and oxygen atoms in total. The highest BCUT2D eigenvalue weighted by molar-refractivity contribution is 6.32. The zero-order valence-electron chi connectivity index (χ0n) is 10.2. The summed E-state index contributed by atoms with van der Waals surface area (Å²) in [6.45, 7) is 0. The van der Waals surface area contributed by atoms with Crippen molar-refractivity contribution < 1.29 is 4.52 Å². The van der Waals surface area contributed by atoms with E-state index in [0.29, 0.717) is 39.4 Å². The van der Waals surface area contributed by atoms with Crippen LogP contribution in [0.15, 0.2) is 41.1 Å². The smallest absolute Gasteiger partial charge is 0.258 e. The molecule has 0 aliphatic heterocycles. The van der Waals surface area contributed by atoms with E-state index in [4.69, 9.17) is 27.6 Å². The van der Waals surface area contributed by atoms with Crippen molar-refractivity contribution in [1.29, 1.82) is 0 Å². The summed E-state index contributed by atoms with van der Waals surface area (Å²) >= 11 is 6.04. The first-order chi connectivity index (χ1) is 9.63. The molecule has 0 saturated carbocycles. The molecule has 0 radical (unpaired) electrons. The summed E-state index contributed by atoms with van der Waals surface area (Å²) in [5.41, 5.74) is 13.6. The molecule has 3 rings (SSSR count). The fraction of sp³-hybridized carbons (Fsp3) is 0. The van der Waals surface area contributed by atoms with Crippen molar-refractivity contribution in [2.45, 2.75) is 0 Å². The van der Waals surface area contributed by atoms with Crippen molar-refractivity contribution in [3.05, 3.63) is 41.6 Å². The lowest BCUT2D eigenvalue weighted by Gasteiger charge is -1.99. The van der Waals surface area contributed by atoms with Crippen LogP contribution in [0.25, 0.3) is 23.0 Å². The first-order valence-corrected chi connectivity index (χ1v) is 6.12. The quantitative estimate of drug-likeness (QED) is 0.702. The minimum absolute atomic E-state index is 0.306. The van der Waals surface area contributed by atoms with Gasteiger partial charge >= 0.3 is 0 Å². The molecule has 0 atom stereocenters. The van der Waals surface area contributed by atoms with E-state index in [2.05, 4.69) is 15.1 Å². The van der Waals surface area contributed by atoms with Gasteiger partial charge in [0, 0.05) is 23.1 Å². The molecule has 1 aromatic carbocycles. The van der Waals surface area contributed by atoms with Crippen molar-refractivity contribution in [2.24, 2.45) is 0 Å². The SMILES string of the molecule is Nc1cc(N)cc(-c2nc(-c3ncccc3Cl)no2)c1. The number of hydrogen-bond acceptors (Lipinski definition) is 6. The highest BCUT2D eigenvalue weighted by Crippen LogP contribution is 2.27. The van der Waals surface area contributed by atoms with Gasteiger partial charge in [0.2, 0.25) is 5.82 Å². The molecule has 0 bridgehead atoms. The number of pyridine rings is 1. The van der Waals surface area contributed by atoms with Crippen LogP contribution >= 0.6 is 11.6 Å². The molecule has 7 heteroatoms. The van der Waals surface area contributed by atoms with E-state index in [1.165, 1.54) is 0 Å². The molecule has 0 amide bonds. The second-order valence-electron chi connectivity index (χ2n) is 4.15. The Morgan fingerprint density at radius 1 is 1.10 bits per heavy atom. The number of rotatable bonds is 2. The summed E-state index contributed by atoms with van der Waals surface area (Å²) in [7, 11) is 0. The summed E-state index contributed by atoms with van der Waals surface area (Å²) in [6, 6.07) is 8.49. The van der Waals surface area contributed by atoms with Gasteiger partial charge < -0.3 is 16.0 Å². The number of hydrogen-bond donors (Lipinski definition) is 2. The van der Waals surface area contributed by atoms with Crippen LogP contribution < -0.4 is 11.5 Å². The standard InChI is InChI=1S/C13H10ClN5O/c14-10-2-1-3-17-11(10)12-18-13(20-19-12)7-4-8(15)6-9(16)5-7/h1-6H,15-16H2. The van der Waals surface area contributed by atoms with Gasteiger partial charge in [-0.25, -0.2) is 0 Å². The Bertz CT molecular complexity index is 751. The van der Waals surface area contributed by atoms with E-state index in [1.54, 1.807) is 36.5 Å². The molecule has 2 aromatic heterocycles. The number of nitrogen functional groups attached to an aromatic ring is 2.